The van der Waals surface area contributed by atoms with Crippen LogP contribution in [0, 0.1) is 6.92 Å². The zero-order valence-corrected chi connectivity index (χ0v) is 10.5. The quantitative estimate of drug-likeness (QED) is 0.907. The lowest BCUT2D eigenvalue weighted by molar-refractivity contribution is 0.0702. The SMILES string of the molecule is Cc1occc1CN(C)c1ccc(C(=O)O)s1. The van der Waals surface area contributed by atoms with Gasteiger partial charge in [-0.2, -0.15) is 0 Å². The van der Waals surface area contributed by atoms with Gasteiger partial charge in [0.2, 0.25) is 0 Å². The zero-order chi connectivity index (χ0) is 12.4. The van der Waals surface area contributed by atoms with Crippen molar-refractivity contribution in [1.82, 2.24) is 0 Å². The van der Waals surface area contributed by atoms with E-state index in [-0.39, 0.29) is 0 Å². The monoisotopic (exact) mass is 251 g/mol. The highest BCUT2D eigenvalue weighted by atomic mass is 32.1. The lowest BCUT2D eigenvalue weighted by atomic mass is 10.2. The maximum Gasteiger partial charge on any atom is 0.345 e. The molecule has 0 saturated heterocycles. The number of hydrogen-bond acceptors (Lipinski definition) is 4. The molecule has 0 bridgehead atoms. The van der Waals surface area contributed by atoms with E-state index in [2.05, 4.69) is 0 Å². The zero-order valence-electron chi connectivity index (χ0n) is 9.64. The Morgan fingerprint density at radius 2 is 2.24 bits per heavy atom. The third kappa shape index (κ3) is 2.50. The van der Waals surface area contributed by atoms with E-state index in [0.717, 1.165) is 16.3 Å². The average molecular weight is 251 g/mol. The summed E-state index contributed by atoms with van der Waals surface area (Å²) in [4.78, 5) is 13.2. The van der Waals surface area contributed by atoms with E-state index in [4.69, 9.17) is 9.52 Å². The smallest absolute Gasteiger partial charge is 0.345 e. The van der Waals surface area contributed by atoms with Crippen molar-refractivity contribution in [3.8, 4) is 0 Å². The number of anilines is 1. The molecule has 2 aromatic heterocycles. The molecule has 2 rings (SSSR count). The predicted octanol–water partition coefficient (Wildman–Crippen LogP) is 2.98. The Balaban J connectivity index is 2.12. The van der Waals surface area contributed by atoms with Gasteiger partial charge in [-0.05, 0) is 25.1 Å². The molecule has 0 fully saturated rings. The van der Waals surface area contributed by atoms with Crippen molar-refractivity contribution in [2.24, 2.45) is 0 Å². The molecule has 1 N–H and O–H groups in total. The summed E-state index contributed by atoms with van der Waals surface area (Å²) >= 11 is 1.27. The van der Waals surface area contributed by atoms with E-state index in [1.807, 2.05) is 31.0 Å². The van der Waals surface area contributed by atoms with Crippen LogP contribution in [0.15, 0.2) is 28.9 Å². The van der Waals surface area contributed by atoms with Crippen LogP contribution in [-0.4, -0.2) is 18.1 Å². The largest absolute Gasteiger partial charge is 0.477 e. The van der Waals surface area contributed by atoms with E-state index < -0.39 is 5.97 Å². The van der Waals surface area contributed by atoms with Crippen molar-refractivity contribution in [3.63, 3.8) is 0 Å². The number of rotatable bonds is 4. The minimum Gasteiger partial charge on any atom is -0.477 e. The number of aryl methyl sites for hydroxylation is 1. The first-order valence-corrected chi connectivity index (χ1v) is 5.97. The van der Waals surface area contributed by atoms with Crippen molar-refractivity contribution in [1.29, 1.82) is 0 Å². The Bertz CT molecular complexity index is 529. The number of hydrogen-bond donors (Lipinski definition) is 1. The van der Waals surface area contributed by atoms with Crippen LogP contribution >= 0.6 is 11.3 Å². The molecule has 17 heavy (non-hydrogen) atoms. The van der Waals surface area contributed by atoms with Crippen molar-refractivity contribution >= 4 is 22.3 Å². The summed E-state index contributed by atoms with van der Waals surface area (Å²) in [6, 6.07) is 5.38. The Hall–Kier alpha value is -1.75. The highest BCUT2D eigenvalue weighted by molar-refractivity contribution is 7.17. The molecule has 0 unspecified atom stereocenters. The molecule has 0 aromatic carbocycles. The van der Waals surface area contributed by atoms with E-state index in [0.29, 0.717) is 11.4 Å². The normalized spacial score (nSPS) is 10.5. The fraction of sp³-hybridized carbons (Fsp3) is 0.250. The summed E-state index contributed by atoms with van der Waals surface area (Å²) in [6.45, 7) is 2.63. The third-order valence-corrected chi connectivity index (χ3v) is 3.74. The van der Waals surface area contributed by atoms with Crippen LogP contribution in [-0.2, 0) is 6.54 Å². The molecule has 90 valence electrons. The van der Waals surface area contributed by atoms with E-state index in [9.17, 15) is 4.79 Å². The molecule has 2 aromatic rings. The molecule has 0 aliphatic heterocycles. The van der Waals surface area contributed by atoms with Crippen LogP contribution in [0.3, 0.4) is 0 Å². The maximum atomic E-state index is 10.8. The second-order valence-electron chi connectivity index (χ2n) is 3.80. The van der Waals surface area contributed by atoms with Gasteiger partial charge in [-0.1, -0.05) is 0 Å². The van der Waals surface area contributed by atoms with Gasteiger partial charge in [0.25, 0.3) is 0 Å². The summed E-state index contributed by atoms with van der Waals surface area (Å²) in [5.74, 6) is 0.0148. The summed E-state index contributed by atoms with van der Waals surface area (Å²) in [7, 11) is 1.93. The molecule has 0 amide bonds. The predicted molar refractivity (Wildman–Crippen MR) is 66.8 cm³/mol. The lowest BCUT2D eigenvalue weighted by Crippen LogP contribution is -2.15. The van der Waals surface area contributed by atoms with E-state index in [1.165, 1.54) is 11.3 Å². The average Bonchev–Trinajstić information content (AvgIpc) is 2.88. The first kappa shape index (κ1) is 11.7. The number of furan rings is 1. The molecule has 0 atom stereocenters. The topological polar surface area (TPSA) is 53.7 Å². The van der Waals surface area contributed by atoms with Gasteiger partial charge in [-0.15, -0.1) is 11.3 Å². The number of nitrogens with zero attached hydrogens (tertiary/aromatic N) is 1. The Morgan fingerprint density at radius 1 is 1.47 bits per heavy atom. The van der Waals surface area contributed by atoms with Crippen LogP contribution in [0.2, 0.25) is 0 Å². The van der Waals surface area contributed by atoms with Crippen LogP contribution in [0.4, 0.5) is 5.00 Å². The molecule has 4 nitrogen and oxygen atoms in total. The maximum absolute atomic E-state index is 10.8. The molecule has 0 saturated carbocycles. The number of carboxylic acids is 1. The van der Waals surface area contributed by atoms with Gasteiger partial charge in [-0.3, -0.25) is 0 Å². The van der Waals surface area contributed by atoms with Gasteiger partial charge in [0, 0.05) is 19.2 Å². The van der Waals surface area contributed by atoms with Gasteiger partial charge >= 0.3 is 5.97 Å². The molecule has 0 spiro atoms. The first-order valence-electron chi connectivity index (χ1n) is 5.15. The fourth-order valence-electron chi connectivity index (χ4n) is 1.56. The van der Waals surface area contributed by atoms with Crippen molar-refractivity contribution < 1.29 is 14.3 Å². The van der Waals surface area contributed by atoms with Gasteiger partial charge in [0.1, 0.15) is 10.6 Å². The van der Waals surface area contributed by atoms with Gasteiger partial charge in [0.15, 0.2) is 0 Å². The van der Waals surface area contributed by atoms with Crippen LogP contribution in [0.5, 0.6) is 0 Å². The minimum absolute atomic E-state index is 0.357. The number of carboxylic acid groups (broad SMARTS) is 1. The molecule has 0 radical (unpaired) electrons. The molecule has 2 heterocycles. The fourth-order valence-corrected chi connectivity index (χ4v) is 2.36. The van der Waals surface area contributed by atoms with Crippen molar-refractivity contribution in [3.05, 3.63) is 40.7 Å². The summed E-state index contributed by atoms with van der Waals surface area (Å²) in [6.07, 6.45) is 1.66. The van der Waals surface area contributed by atoms with Crippen LogP contribution in [0.1, 0.15) is 21.0 Å². The molecule has 0 aliphatic rings. The number of aromatic carboxylic acids is 1. The van der Waals surface area contributed by atoms with Gasteiger partial charge in [0.05, 0.1) is 11.3 Å². The second kappa shape index (κ2) is 4.63. The van der Waals surface area contributed by atoms with Crippen LogP contribution in [0.25, 0.3) is 0 Å². The summed E-state index contributed by atoms with van der Waals surface area (Å²) in [5, 5.41) is 9.79. The van der Waals surface area contributed by atoms with Crippen molar-refractivity contribution in [2.45, 2.75) is 13.5 Å². The molecular weight excluding hydrogens is 238 g/mol. The van der Waals surface area contributed by atoms with Gasteiger partial charge in [-0.25, -0.2) is 4.79 Å². The van der Waals surface area contributed by atoms with Gasteiger partial charge < -0.3 is 14.4 Å². The molecule has 5 heteroatoms. The Labute approximate surface area is 103 Å². The Kier molecular flexibility index (Phi) is 3.19. The molecule has 0 aliphatic carbocycles. The summed E-state index contributed by atoms with van der Waals surface area (Å²) in [5.41, 5.74) is 1.11. The summed E-state index contributed by atoms with van der Waals surface area (Å²) < 4.78 is 5.23. The van der Waals surface area contributed by atoms with E-state index >= 15 is 0 Å². The first-order chi connectivity index (χ1) is 8.08. The Morgan fingerprint density at radius 3 is 2.76 bits per heavy atom. The minimum atomic E-state index is -0.880. The van der Waals surface area contributed by atoms with Crippen LogP contribution < -0.4 is 4.90 Å². The third-order valence-electron chi connectivity index (χ3n) is 2.55. The van der Waals surface area contributed by atoms with E-state index in [1.54, 1.807) is 12.3 Å². The highest BCUT2D eigenvalue weighted by Crippen LogP contribution is 2.26. The standard InChI is InChI=1S/C12H13NO3S/c1-8-9(5-6-16-8)7-13(2)11-4-3-10(17-11)12(14)15/h3-6H,7H2,1-2H3,(H,14,15). The highest BCUT2D eigenvalue weighted by Gasteiger charge is 2.11. The van der Waals surface area contributed by atoms with Crippen molar-refractivity contribution in [2.75, 3.05) is 11.9 Å². The lowest BCUT2D eigenvalue weighted by Gasteiger charge is -2.16. The number of carbonyl (C=O) groups is 1. The molecular formula is C12H13NO3S. The second-order valence-corrected chi connectivity index (χ2v) is 4.86. The number of thiophene rings is 1.